The summed E-state index contributed by atoms with van der Waals surface area (Å²) in [6.45, 7) is 1.33. The Balaban J connectivity index is 2.63. The maximum Gasteiger partial charge on any atom is 0.427 e. The summed E-state index contributed by atoms with van der Waals surface area (Å²) < 4.78 is 6.56. The summed E-state index contributed by atoms with van der Waals surface area (Å²) in [5, 5.41) is 2.77. The van der Waals surface area contributed by atoms with Crippen molar-refractivity contribution in [1.82, 2.24) is 9.13 Å². The van der Waals surface area contributed by atoms with Gasteiger partial charge in [-0.05, 0) is 32.2 Å². The van der Waals surface area contributed by atoms with Gasteiger partial charge in [0.15, 0.2) is 0 Å². The van der Waals surface area contributed by atoms with E-state index in [2.05, 4.69) is 9.59 Å². The van der Waals surface area contributed by atoms with Gasteiger partial charge in [-0.25, -0.2) is 23.5 Å². The lowest BCUT2D eigenvalue weighted by Gasteiger charge is -2.07. The lowest BCUT2D eigenvalue weighted by atomic mass is 10.2. The zero-order valence-electron chi connectivity index (χ0n) is 13.9. The van der Waals surface area contributed by atoms with Crippen molar-refractivity contribution in [3.63, 3.8) is 0 Å². The number of nitroso groups, excluding NO2 is 1. The van der Waals surface area contributed by atoms with Crippen LogP contribution in [0.15, 0.2) is 24.0 Å². The number of unbranched alkanes of at least 4 members (excludes halogenated alkanes) is 6. The van der Waals surface area contributed by atoms with Crippen molar-refractivity contribution in [1.29, 1.82) is 0 Å². The van der Waals surface area contributed by atoms with Crippen LogP contribution in [0.3, 0.4) is 0 Å². The summed E-state index contributed by atoms with van der Waals surface area (Å²) >= 11 is 0. The molecule has 1 heterocycles. The highest BCUT2D eigenvalue weighted by atomic mass is 16.5. The van der Waals surface area contributed by atoms with Gasteiger partial charge in [0.25, 0.3) is 0 Å². The van der Waals surface area contributed by atoms with Crippen LogP contribution in [0, 0.1) is 4.91 Å². The van der Waals surface area contributed by atoms with Gasteiger partial charge in [-0.15, -0.1) is 0 Å². The molecule has 0 unspecified atom stereocenters. The van der Waals surface area contributed by atoms with E-state index in [1.54, 1.807) is 0 Å². The van der Waals surface area contributed by atoms with Crippen molar-refractivity contribution in [2.24, 2.45) is 10.9 Å². The fraction of sp³-hybridized carbons (Fsp3) is 0.800. The van der Waals surface area contributed by atoms with Crippen LogP contribution in [0.5, 0.6) is 0 Å². The van der Waals surface area contributed by atoms with Gasteiger partial charge in [-0.3, -0.25) is 0 Å². The Labute approximate surface area is 139 Å². The molecule has 0 saturated heterocycles. The Morgan fingerprint density at radius 3 is 1.79 bits per heavy atom. The molecule has 9 heteroatoms. The topological polar surface area (TPSA) is 130 Å². The van der Waals surface area contributed by atoms with Crippen LogP contribution in [-0.4, -0.2) is 22.2 Å². The van der Waals surface area contributed by atoms with E-state index < -0.39 is 17.2 Å². The van der Waals surface area contributed by atoms with Crippen molar-refractivity contribution in [3.05, 3.63) is 36.5 Å². The smallest absolute Gasteiger partial charge is 0.358 e. The highest BCUT2D eigenvalue weighted by Crippen LogP contribution is 2.01. The van der Waals surface area contributed by atoms with Crippen LogP contribution in [-0.2, 0) is 13.1 Å². The van der Waals surface area contributed by atoms with Gasteiger partial charge in [-0.1, -0.05) is 30.9 Å². The van der Waals surface area contributed by atoms with E-state index in [0.717, 1.165) is 41.2 Å². The van der Waals surface area contributed by atoms with Gasteiger partial charge in [0.05, 0.1) is 6.54 Å². The van der Waals surface area contributed by atoms with Gasteiger partial charge < -0.3 is 10.2 Å². The van der Waals surface area contributed by atoms with Crippen molar-refractivity contribution < 1.29 is 4.42 Å². The van der Waals surface area contributed by atoms with Crippen LogP contribution >= 0.6 is 0 Å². The first-order valence-corrected chi connectivity index (χ1v) is 8.45. The Kier molecular flexibility index (Phi) is 9.59. The fourth-order valence-electron chi connectivity index (χ4n) is 2.43. The van der Waals surface area contributed by atoms with Crippen LogP contribution in [0.4, 0.5) is 0 Å². The molecular formula is C15H26N4O5. The van der Waals surface area contributed by atoms with Gasteiger partial charge in [0, 0.05) is 13.1 Å². The molecule has 1 aromatic rings. The molecule has 0 amide bonds. The molecule has 9 nitrogen and oxygen atoms in total. The van der Waals surface area contributed by atoms with Crippen molar-refractivity contribution >= 4 is 0 Å². The molecule has 0 aliphatic heterocycles. The minimum absolute atomic E-state index is 0.198. The van der Waals surface area contributed by atoms with Crippen LogP contribution in [0.2, 0.25) is 0 Å². The molecule has 136 valence electrons. The highest BCUT2D eigenvalue weighted by molar-refractivity contribution is 4.70. The summed E-state index contributed by atoms with van der Waals surface area (Å²) in [6.07, 6.45) is 6.20. The molecule has 0 spiro atoms. The Hall–Kier alpha value is -2.03. The number of hydrogen-bond donors (Lipinski definition) is 1. The minimum atomic E-state index is -0.918. The monoisotopic (exact) mass is 342 g/mol. The van der Waals surface area contributed by atoms with E-state index in [0.29, 0.717) is 25.8 Å². The summed E-state index contributed by atoms with van der Waals surface area (Å²) in [4.78, 5) is 45.7. The van der Waals surface area contributed by atoms with E-state index in [4.69, 9.17) is 5.73 Å². The second-order valence-corrected chi connectivity index (χ2v) is 5.69. The van der Waals surface area contributed by atoms with E-state index in [1.807, 2.05) is 0 Å². The normalized spacial score (nSPS) is 10.9. The molecule has 0 radical (unpaired) electrons. The van der Waals surface area contributed by atoms with E-state index in [-0.39, 0.29) is 19.6 Å². The molecule has 2 N–H and O–H groups in total. The van der Waals surface area contributed by atoms with Gasteiger partial charge in [0.1, 0.15) is 0 Å². The van der Waals surface area contributed by atoms with E-state index in [9.17, 15) is 19.3 Å². The lowest BCUT2D eigenvalue weighted by molar-refractivity contribution is 0.313. The molecule has 0 saturated carbocycles. The van der Waals surface area contributed by atoms with Gasteiger partial charge in [-0.2, -0.15) is 4.91 Å². The summed E-state index contributed by atoms with van der Waals surface area (Å²) in [5.41, 5.74) is 4.79. The SMILES string of the molecule is NCCCCCCn1c(=O)oc(=O)n(CCCCCCN=O)c1=O. The molecule has 0 aliphatic carbocycles. The maximum atomic E-state index is 12.3. The highest BCUT2D eigenvalue weighted by Gasteiger charge is 2.11. The Morgan fingerprint density at radius 2 is 1.29 bits per heavy atom. The third kappa shape index (κ3) is 6.61. The molecule has 1 rings (SSSR count). The van der Waals surface area contributed by atoms with E-state index in [1.165, 1.54) is 0 Å². The average molecular weight is 342 g/mol. The molecule has 1 aromatic heterocycles. The average Bonchev–Trinajstić information content (AvgIpc) is 2.55. The second-order valence-electron chi connectivity index (χ2n) is 5.69. The maximum absolute atomic E-state index is 12.3. The largest absolute Gasteiger partial charge is 0.427 e. The molecule has 0 fully saturated rings. The third-order valence-electron chi connectivity index (χ3n) is 3.79. The van der Waals surface area contributed by atoms with Crippen molar-refractivity contribution in [2.45, 2.75) is 64.5 Å². The quantitative estimate of drug-likeness (QED) is 0.417. The molecule has 24 heavy (non-hydrogen) atoms. The molecule has 0 bridgehead atoms. The summed E-state index contributed by atoms with van der Waals surface area (Å²) in [7, 11) is 0. The number of rotatable bonds is 13. The van der Waals surface area contributed by atoms with Gasteiger partial charge in [0.2, 0.25) is 0 Å². The zero-order valence-corrected chi connectivity index (χ0v) is 13.9. The molecule has 0 aliphatic rings. The fourth-order valence-corrected chi connectivity index (χ4v) is 2.43. The number of nitrogens with zero attached hydrogens (tertiary/aromatic N) is 3. The molecular weight excluding hydrogens is 316 g/mol. The lowest BCUT2D eigenvalue weighted by Crippen LogP contribution is -2.46. The first-order valence-electron chi connectivity index (χ1n) is 8.45. The third-order valence-corrected chi connectivity index (χ3v) is 3.79. The Bertz CT molecular complexity index is 661. The zero-order chi connectivity index (χ0) is 17.8. The van der Waals surface area contributed by atoms with Gasteiger partial charge >= 0.3 is 17.2 Å². The van der Waals surface area contributed by atoms with Crippen LogP contribution in [0.1, 0.15) is 51.4 Å². The first-order chi connectivity index (χ1) is 11.6. The predicted molar refractivity (Wildman–Crippen MR) is 90.2 cm³/mol. The number of hydrogen-bond acceptors (Lipinski definition) is 7. The number of aromatic nitrogens is 2. The summed E-state index contributed by atoms with van der Waals surface area (Å²) in [6, 6.07) is 0. The summed E-state index contributed by atoms with van der Waals surface area (Å²) in [5.74, 6) is -1.82. The predicted octanol–water partition coefficient (Wildman–Crippen LogP) is 0.809. The second kappa shape index (κ2) is 11.5. The first kappa shape index (κ1) is 20.0. The standard InChI is InChI=1S/C15H26N4O5/c16-9-5-1-3-7-11-18-13(20)19(15(22)24-14(18)21)12-8-4-2-6-10-17-23/h1-12,16H2. The van der Waals surface area contributed by atoms with Crippen molar-refractivity contribution in [3.8, 4) is 0 Å². The van der Waals surface area contributed by atoms with Crippen LogP contribution < -0.4 is 22.9 Å². The number of nitrogens with two attached hydrogens (primary N) is 1. The van der Waals surface area contributed by atoms with Crippen LogP contribution in [0.25, 0.3) is 0 Å². The Morgan fingerprint density at radius 1 is 0.792 bits per heavy atom. The minimum Gasteiger partial charge on any atom is -0.358 e. The van der Waals surface area contributed by atoms with E-state index >= 15 is 0 Å². The molecule has 0 atom stereocenters. The van der Waals surface area contributed by atoms with Crippen molar-refractivity contribution in [2.75, 3.05) is 13.1 Å². The molecule has 0 aromatic carbocycles.